The standard InChI is InChI=1S/C24H15F4N5O3/c1-33-11-29-31-21(33)17-10-15(25)5-6-16(17)12-3-2-4-13(7-12)23-30-19-9-14(22(34)32-35)8-18(20(19)36-23)24(26,27)28/h2-11,35H,1H3,(H,32,34). The van der Waals surface area contributed by atoms with E-state index in [1.54, 1.807) is 41.9 Å². The Kier molecular flexibility index (Phi) is 5.52. The highest BCUT2D eigenvalue weighted by atomic mass is 19.4. The van der Waals surface area contributed by atoms with Gasteiger partial charge >= 0.3 is 6.18 Å². The number of hydrogen-bond donors (Lipinski definition) is 2. The van der Waals surface area contributed by atoms with E-state index in [1.165, 1.54) is 23.9 Å². The van der Waals surface area contributed by atoms with Crippen LogP contribution >= 0.6 is 0 Å². The van der Waals surface area contributed by atoms with Gasteiger partial charge in [-0.1, -0.05) is 18.2 Å². The number of aryl methyl sites for hydroxylation is 1. The van der Waals surface area contributed by atoms with Gasteiger partial charge in [0.05, 0.1) is 0 Å². The minimum absolute atomic E-state index is 0.124. The molecule has 0 aliphatic rings. The summed E-state index contributed by atoms with van der Waals surface area (Å²) in [6.45, 7) is 0. The van der Waals surface area contributed by atoms with Crippen molar-refractivity contribution in [3.63, 3.8) is 0 Å². The van der Waals surface area contributed by atoms with E-state index in [0.29, 0.717) is 34.1 Å². The van der Waals surface area contributed by atoms with E-state index in [1.807, 2.05) is 0 Å². The fourth-order valence-corrected chi connectivity index (χ4v) is 3.86. The van der Waals surface area contributed by atoms with Crippen LogP contribution in [-0.2, 0) is 13.2 Å². The molecule has 3 aromatic carbocycles. The maximum atomic E-state index is 14.1. The van der Waals surface area contributed by atoms with E-state index < -0.39 is 34.6 Å². The number of nitrogens with zero attached hydrogens (tertiary/aromatic N) is 4. The molecule has 2 N–H and O–H groups in total. The molecular weight excluding hydrogens is 482 g/mol. The van der Waals surface area contributed by atoms with E-state index in [2.05, 4.69) is 15.2 Å². The van der Waals surface area contributed by atoms with Gasteiger partial charge in [-0.15, -0.1) is 10.2 Å². The van der Waals surface area contributed by atoms with Crippen LogP contribution in [0.1, 0.15) is 15.9 Å². The van der Waals surface area contributed by atoms with E-state index >= 15 is 0 Å². The first kappa shape index (κ1) is 23.2. The van der Waals surface area contributed by atoms with Gasteiger partial charge in [0.25, 0.3) is 5.91 Å². The van der Waals surface area contributed by atoms with Crippen LogP contribution in [0.3, 0.4) is 0 Å². The number of alkyl halides is 3. The second-order valence-electron chi connectivity index (χ2n) is 7.87. The molecule has 2 heterocycles. The molecule has 0 radical (unpaired) electrons. The summed E-state index contributed by atoms with van der Waals surface area (Å²) in [4.78, 5) is 15.9. The van der Waals surface area contributed by atoms with E-state index in [9.17, 15) is 22.4 Å². The second-order valence-corrected chi connectivity index (χ2v) is 7.87. The average Bonchev–Trinajstić information content (AvgIpc) is 3.48. The number of aromatic nitrogens is 4. The molecule has 0 spiro atoms. The molecule has 0 atom stereocenters. The molecule has 1 amide bonds. The Morgan fingerprint density at radius 3 is 2.53 bits per heavy atom. The smallest absolute Gasteiger partial charge is 0.420 e. The Labute approximate surface area is 199 Å². The zero-order valence-corrected chi connectivity index (χ0v) is 18.3. The summed E-state index contributed by atoms with van der Waals surface area (Å²) in [5.41, 5.74) is 0.895. The number of oxazole rings is 1. The average molecular weight is 497 g/mol. The fraction of sp³-hybridized carbons (Fsp3) is 0.0833. The number of carbonyl (C=O) groups is 1. The van der Waals surface area contributed by atoms with Crippen molar-refractivity contribution in [2.24, 2.45) is 7.05 Å². The number of carbonyl (C=O) groups excluding carboxylic acids is 1. The van der Waals surface area contributed by atoms with E-state index in [4.69, 9.17) is 9.62 Å². The van der Waals surface area contributed by atoms with Crippen LogP contribution in [0.2, 0.25) is 0 Å². The quantitative estimate of drug-likeness (QED) is 0.200. The van der Waals surface area contributed by atoms with Gasteiger partial charge in [0, 0.05) is 23.7 Å². The van der Waals surface area contributed by atoms with Crippen LogP contribution in [0.25, 0.3) is 45.1 Å². The number of rotatable bonds is 4. The van der Waals surface area contributed by atoms with Gasteiger partial charge in [0.1, 0.15) is 23.2 Å². The summed E-state index contributed by atoms with van der Waals surface area (Å²) in [5, 5.41) is 16.7. The molecule has 5 rings (SSSR count). The molecule has 36 heavy (non-hydrogen) atoms. The highest BCUT2D eigenvalue weighted by molar-refractivity contribution is 5.97. The lowest BCUT2D eigenvalue weighted by Gasteiger charge is -2.10. The first-order valence-electron chi connectivity index (χ1n) is 10.4. The molecule has 0 aliphatic carbocycles. The number of benzene rings is 3. The number of amides is 1. The number of fused-ring (bicyclic) bond motifs is 1. The summed E-state index contributed by atoms with van der Waals surface area (Å²) in [6, 6.07) is 12.4. The van der Waals surface area contributed by atoms with Crippen molar-refractivity contribution in [3.05, 3.63) is 77.9 Å². The van der Waals surface area contributed by atoms with Crippen molar-refractivity contribution in [2.45, 2.75) is 6.18 Å². The zero-order valence-electron chi connectivity index (χ0n) is 18.3. The van der Waals surface area contributed by atoms with Crippen LogP contribution in [0.4, 0.5) is 17.6 Å². The van der Waals surface area contributed by atoms with Crippen LogP contribution in [0.15, 0.2) is 65.3 Å². The molecule has 12 heteroatoms. The SMILES string of the molecule is Cn1cnnc1-c1cc(F)ccc1-c1cccc(-c2nc3cc(C(=O)NO)cc(C(F)(F)F)c3o2)c1. The highest BCUT2D eigenvalue weighted by Crippen LogP contribution is 2.39. The fourth-order valence-electron chi connectivity index (χ4n) is 3.86. The van der Waals surface area contributed by atoms with Crippen molar-refractivity contribution in [1.82, 2.24) is 25.2 Å². The van der Waals surface area contributed by atoms with Gasteiger partial charge in [-0.3, -0.25) is 10.0 Å². The molecule has 8 nitrogen and oxygen atoms in total. The normalized spacial score (nSPS) is 11.7. The summed E-state index contributed by atoms with van der Waals surface area (Å²) in [6.07, 6.45) is -3.37. The minimum Gasteiger partial charge on any atom is -0.435 e. The van der Waals surface area contributed by atoms with Crippen LogP contribution < -0.4 is 5.48 Å². The minimum atomic E-state index is -4.85. The lowest BCUT2D eigenvalue weighted by atomic mass is 9.97. The molecule has 0 saturated carbocycles. The van der Waals surface area contributed by atoms with E-state index in [0.717, 1.165) is 6.07 Å². The van der Waals surface area contributed by atoms with Gasteiger partial charge in [0.2, 0.25) is 5.89 Å². The monoisotopic (exact) mass is 497 g/mol. The van der Waals surface area contributed by atoms with Crippen LogP contribution in [-0.4, -0.2) is 30.9 Å². The number of hydrogen-bond acceptors (Lipinski definition) is 6. The van der Waals surface area contributed by atoms with Crippen molar-refractivity contribution < 1.29 is 32.0 Å². The Balaban J connectivity index is 1.65. The van der Waals surface area contributed by atoms with Gasteiger partial charge in [0.15, 0.2) is 11.4 Å². The highest BCUT2D eigenvalue weighted by Gasteiger charge is 2.36. The van der Waals surface area contributed by atoms with Gasteiger partial charge in [-0.05, 0) is 47.5 Å². The van der Waals surface area contributed by atoms with Crippen molar-refractivity contribution in [2.75, 3.05) is 0 Å². The Hall–Kier alpha value is -4.58. The molecule has 2 aromatic heterocycles. The van der Waals surface area contributed by atoms with E-state index in [-0.39, 0.29) is 11.4 Å². The lowest BCUT2D eigenvalue weighted by Crippen LogP contribution is -2.19. The van der Waals surface area contributed by atoms with Crippen molar-refractivity contribution >= 4 is 17.0 Å². The Morgan fingerprint density at radius 1 is 1.06 bits per heavy atom. The predicted octanol–water partition coefficient (Wildman–Crippen LogP) is 5.23. The molecule has 0 fully saturated rings. The molecule has 0 aliphatic heterocycles. The maximum Gasteiger partial charge on any atom is 0.420 e. The second kappa shape index (κ2) is 8.57. The van der Waals surface area contributed by atoms with Gasteiger partial charge < -0.3 is 8.98 Å². The number of nitrogens with one attached hydrogen (secondary N) is 1. The first-order chi connectivity index (χ1) is 17.2. The van der Waals surface area contributed by atoms with Gasteiger partial charge in [-0.2, -0.15) is 13.2 Å². The van der Waals surface area contributed by atoms with Crippen molar-refractivity contribution in [1.29, 1.82) is 0 Å². The lowest BCUT2D eigenvalue weighted by molar-refractivity contribution is -0.136. The molecule has 182 valence electrons. The summed E-state index contributed by atoms with van der Waals surface area (Å²) in [5.74, 6) is -1.31. The van der Waals surface area contributed by atoms with Crippen LogP contribution in [0.5, 0.6) is 0 Å². The third-order valence-corrected chi connectivity index (χ3v) is 5.51. The molecule has 0 unspecified atom stereocenters. The predicted molar refractivity (Wildman–Crippen MR) is 119 cm³/mol. The summed E-state index contributed by atoms with van der Waals surface area (Å²) >= 11 is 0. The van der Waals surface area contributed by atoms with Gasteiger partial charge in [-0.25, -0.2) is 14.9 Å². The largest absolute Gasteiger partial charge is 0.435 e. The summed E-state index contributed by atoms with van der Waals surface area (Å²) < 4.78 is 62.2. The molecule has 5 aromatic rings. The van der Waals surface area contributed by atoms with Crippen molar-refractivity contribution in [3.8, 4) is 34.0 Å². The Morgan fingerprint density at radius 2 is 1.83 bits per heavy atom. The third kappa shape index (κ3) is 4.07. The molecular formula is C24H15F4N5O3. The van der Waals surface area contributed by atoms with Crippen LogP contribution in [0, 0.1) is 5.82 Å². The first-order valence-corrected chi connectivity index (χ1v) is 10.4. The third-order valence-electron chi connectivity index (χ3n) is 5.51. The number of halogens is 4. The number of hydroxylamine groups is 1. The maximum absolute atomic E-state index is 14.1. The Bertz CT molecular complexity index is 1620. The molecule has 0 bridgehead atoms. The topological polar surface area (TPSA) is 106 Å². The molecule has 0 saturated heterocycles. The zero-order chi connectivity index (χ0) is 25.6. The summed E-state index contributed by atoms with van der Waals surface area (Å²) in [7, 11) is 1.71.